The molecule has 3 rings (SSSR count). The lowest BCUT2D eigenvalue weighted by atomic mass is 10.0. The van der Waals surface area contributed by atoms with Crippen molar-refractivity contribution < 1.29 is 19.2 Å². The van der Waals surface area contributed by atoms with Crippen LogP contribution in [0.1, 0.15) is 49.4 Å². The number of aryl methyl sites for hydroxylation is 1. The van der Waals surface area contributed by atoms with E-state index in [4.69, 9.17) is 4.52 Å². The van der Waals surface area contributed by atoms with Crippen molar-refractivity contribution in [1.82, 2.24) is 10.1 Å². The highest BCUT2D eigenvalue weighted by molar-refractivity contribution is 5.98. The molecule has 0 fully saturated rings. The second-order valence-corrected chi connectivity index (χ2v) is 6.15. The first kappa shape index (κ1) is 16.2. The van der Waals surface area contributed by atoms with Crippen LogP contribution in [0.3, 0.4) is 0 Å². The van der Waals surface area contributed by atoms with Gasteiger partial charge in [0.1, 0.15) is 5.92 Å². The molecule has 1 unspecified atom stereocenters. The molecular weight excluding hydrogens is 310 g/mol. The average Bonchev–Trinajstić information content (AvgIpc) is 3.17. The van der Waals surface area contributed by atoms with E-state index in [1.54, 1.807) is 24.3 Å². The predicted molar refractivity (Wildman–Crippen MR) is 85.9 cm³/mol. The van der Waals surface area contributed by atoms with Crippen molar-refractivity contribution in [3.05, 3.63) is 41.5 Å². The summed E-state index contributed by atoms with van der Waals surface area (Å²) in [4.78, 5) is 29.7. The Balaban J connectivity index is 1.70. The number of benzene rings is 1. The quantitative estimate of drug-likeness (QED) is 0.904. The summed E-state index contributed by atoms with van der Waals surface area (Å²) in [6.45, 7) is 4.09. The van der Waals surface area contributed by atoms with Gasteiger partial charge in [0.2, 0.25) is 11.8 Å². The molecule has 0 spiro atoms. The lowest BCUT2D eigenvalue weighted by molar-refractivity contribution is -0.138. The van der Waals surface area contributed by atoms with Crippen LogP contribution in [0.15, 0.2) is 28.8 Å². The molecule has 1 aromatic heterocycles. The van der Waals surface area contributed by atoms with Crippen molar-refractivity contribution in [2.75, 3.05) is 11.4 Å². The summed E-state index contributed by atoms with van der Waals surface area (Å²) in [7, 11) is 0. The van der Waals surface area contributed by atoms with Gasteiger partial charge in [-0.3, -0.25) is 9.59 Å². The van der Waals surface area contributed by atoms with Gasteiger partial charge in [-0.25, -0.2) is 0 Å². The van der Waals surface area contributed by atoms with Crippen molar-refractivity contribution in [3.8, 4) is 0 Å². The first-order chi connectivity index (χ1) is 11.5. The lowest BCUT2D eigenvalue weighted by Crippen LogP contribution is -2.31. The number of hydrogen-bond donors (Lipinski definition) is 1. The predicted octanol–water partition coefficient (Wildman–Crippen LogP) is 2.34. The first-order valence-corrected chi connectivity index (χ1v) is 7.92. The van der Waals surface area contributed by atoms with Crippen LogP contribution in [-0.4, -0.2) is 33.7 Å². The molecule has 7 nitrogen and oxygen atoms in total. The molecule has 0 saturated heterocycles. The normalized spacial score (nSPS) is 16.5. The zero-order valence-corrected chi connectivity index (χ0v) is 13.6. The van der Waals surface area contributed by atoms with Crippen LogP contribution in [0, 0.1) is 0 Å². The number of amides is 1. The first-order valence-electron chi connectivity index (χ1n) is 7.92. The van der Waals surface area contributed by atoms with E-state index in [0.717, 1.165) is 0 Å². The van der Waals surface area contributed by atoms with Gasteiger partial charge in [-0.2, -0.15) is 4.98 Å². The Morgan fingerprint density at radius 3 is 2.79 bits per heavy atom. The molecule has 1 atom stereocenters. The summed E-state index contributed by atoms with van der Waals surface area (Å²) in [6, 6.07) is 7.12. The second kappa shape index (κ2) is 6.43. The van der Waals surface area contributed by atoms with Crippen molar-refractivity contribution in [3.63, 3.8) is 0 Å². The van der Waals surface area contributed by atoms with Crippen molar-refractivity contribution in [2.45, 2.75) is 38.5 Å². The zero-order valence-electron chi connectivity index (χ0n) is 13.6. The largest absolute Gasteiger partial charge is 0.481 e. The van der Waals surface area contributed by atoms with Gasteiger partial charge in [0.25, 0.3) is 0 Å². The average molecular weight is 329 g/mol. The number of anilines is 1. The van der Waals surface area contributed by atoms with E-state index in [0.29, 0.717) is 29.4 Å². The van der Waals surface area contributed by atoms with E-state index in [1.807, 2.05) is 13.8 Å². The fourth-order valence-corrected chi connectivity index (χ4v) is 2.81. The minimum absolute atomic E-state index is 0.143. The minimum atomic E-state index is -0.920. The Morgan fingerprint density at radius 1 is 1.38 bits per heavy atom. The molecule has 0 aliphatic carbocycles. The van der Waals surface area contributed by atoms with Crippen LogP contribution >= 0.6 is 0 Å². The van der Waals surface area contributed by atoms with Crippen LogP contribution in [0.2, 0.25) is 0 Å². The van der Waals surface area contributed by atoms with Gasteiger partial charge in [-0.15, -0.1) is 0 Å². The summed E-state index contributed by atoms with van der Waals surface area (Å²) in [5.74, 6) is -0.531. The van der Waals surface area contributed by atoms with Gasteiger partial charge in [-0.05, 0) is 11.6 Å². The third kappa shape index (κ3) is 3.02. The Hall–Kier alpha value is -2.70. The van der Waals surface area contributed by atoms with E-state index in [9.17, 15) is 14.7 Å². The minimum Gasteiger partial charge on any atom is -0.481 e. The van der Waals surface area contributed by atoms with Gasteiger partial charge >= 0.3 is 5.97 Å². The van der Waals surface area contributed by atoms with Gasteiger partial charge in [0, 0.05) is 31.0 Å². The number of aliphatic carboxylic acids is 1. The Morgan fingerprint density at radius 2 is 2.12 bits per heavy atom. The van der Waals surface area contributed by atoms with Gasteiger partial charge in [-0.1, -0.05) is 37.2 Å². The molecular formula is C17H19N3O4. The lowest BCUT2D eigenvalue weighted by Gasteiger charge is -2.16. The Kier molecular flexibility index (Phi) is 4.33. The zero-order chi connectivity index (χ0) is 17.3. The highest BCUT2D eigenvalue weighted by Crippen LogP contribution is 2.36. The number of rotatable bonds is 5. The fourth-order valence-electron chi connectivity index (χ4n) is 2.81. The van der Waals surface area contributed by atoms with E-state index >= 15 is 0 Å². The van der Waals surface area contributed by atoms with E-state index < -0.39 is 11.9 Å². The highest BCUT2D eigenvalue weighted by Gasteiger charge is 2.36. The maximum Gasteiger partial charge on any atom is 0.312 e. The molecule has 7 heteroatoms. The van der Waals surface area contributed by atoms with E-state index in [-0.39, 0.29) is 24.8 Å². The molecule has 2 heterocycles. The SMILES string of the molecule is CC(C)c1noc(CCC(=O)N2CC(C(=O)O)c3ccccc32)n1. The molecule has 1 N–H and O–H groups in total. The molecule has 0 saturated carbocycles. The molecule has 1 aliphatic rings. The van der Waals surface area contributed by atoms with Crippen LogP contribution in [-0.2, 0) is 16.0 Å². The maximum atomic E-state index is 12.5. The number of nitrogens with zero attached hydrogens (tertiary/aromatic N) is 3. The number of carbonyl (C=O) groups excluding carboxylic acids is 1. The summed E-state index contributed by atoms with van der Waals surface area (Å²) >= 11 is 0. The summed E-state index contributed by atoms with van der Waals surface area (Å²) in [5, 5.41) is 13.2. The van der Waals surface area contributed by atoms with Crippen LogP contribution in [0.25, 0.3) is 0 Å². The van der Waals surface area contributed by atoms with Crippen molar-refractivity contribution in [2.24, 2.45) is 0 Å². The van der Waals surface area contributed by atoms with E-state index in [1.165, 1.54) is 4.90 Å². The Labute approximate surface area is 139 Å². The van der Waals surface area contributed by atoms with Crippen molar-refractivity contribution >= 4 is 17.6 Å². The molecule has 24 heavy (non-hydrogen) atoms. The number of carbonyl (C=O) groups is 2. The number of aromatic nitrogens is 2. The number of carboxylic acid groups (broad SMARTS) is 1. The molecule has 1 aromatic carbocycles. The van der Waals surface area contributed by atoms with Crippen molar-refractivity contribution in [1.29, 1.82) is 0 Å². The van der Waals surface area contributed by atoms with Gasteiger partial charge in [0.05, 0.1) is 0 Å². The smallest absolute Gasteiger partial charge is 0.312 e. The molecule has 126 valence electrons. The number of hydrogen-bond acceptors (Lipinski definition) is 5. The summed E-state index contributed by atoms with van der Waals surface area (Å²) in [6.07, 6.45) is 0.537. The van der Waals surface area contributed by atoms with Crippen LogP contribution in [0.4, 0.5) is 5.69 Å². The number of para-hydroxylation sites is 1. The molecule has 1 aliphatic heterocycles. The third-order valence-electron chi connectivity index (χ3n) is 4.12. The monoisotopic (exact) mass is 329 g/mol. The standard InChI is InChI=1S/C17H19N3O4/c1-10(2)16-18-14(24-19-16)7-8-15(21)20-9-12(17(22)23)11-5-3-4-6-13(11)20/h3-6,10,12H,7-9H2,1-2H3,(H,22,23). The fraction of sp³-hybridized carbons (Fsp3) is 0.412. The molecule has 1 amide bonds. The van der Waals surface area contributed by atoms with Gasteiger partial charge < -0.3 is 14.5 Å². The summed E-state index contributed by atoms with van der Waals surface area (Å²) in [5.41, 5.74) is 1.35. The Bertz CT molecular complexity index is 769. The highest BCUT2D eigenvalue weighted by atomic mass is 16.5. The van der Waals surface area contributed by atoms with E-state index in [2.05, 4.69) is 10.1 Å². The second-order valence-electron chi connectivity index (χ2n) is 6.15. The molecule has 2 aromatic rings. The molecule has 0 radical (unpaired) electrons. The number of fused-ring (bicyclic) bond motifs is 1. The van der Waals surface area contributed by atoms with Crippen LogP contribution < -0.4 is 4.90 Å². The molecule has 0 bridgehead atoms. The third-order valence-corrected chi connectivity index (χ3v) is 4.12. The summed E-state index contributed by atoms with van der Waals surface area (Å²) < 4.78 is 5.14. The number of carboxylic acids is 1. The maximum absolute atomic E-state index is 12.5. The van der Waals surface area contributed by atoms with Crippen LogP contribution in [0.5, 0.6) is 0 Å². The van der Waals surface area contributed by atoms with Gasteiger partial charge in [0.15, 0.2) is 5.82 Å². The topological polar surface area (TPSA) is 96.5 Å².